The van der Waals surface area contributed by atoms with Crippen molar-refractivity contribution in [1.82, 2.24) is 14.9 Å². The number of fused-ring (bicyclic) bond motifs is 1. The monoisotopic (exact) mass is 377 g/mol. The Morgan fingerprint density at radius 2 is 2.00 bits per heavy atom. The van der Waals surface area contributed by atoms with E-state index in [0.29, 0.717) is 5.56 Å². The lowest BCUT2D eigenvalue weighted by Gasteiger charge is -2.36. The van der Waals surface area contributed by atoms with E-state index in [1.165, 1.54) is 16.6 Å². The van der Waals surface area contributed by atoms with Crippen LogP contribution in [0.4, 0.5) is 5.69 Å². The van der Waals surface area contributed by atoms with Gasteiger partial charge in [0.25, 0.3) is 0 Å². The van der Waals surface area contributed by atoms with Crippen LogP contribution in [-0.4, -0.2) is 53.3 Å². The van der Waals surface area contributed by atoms with Gasteiger partial charge in [0, 0.05) is 67.0 Å². The maximum atomic E-state index is 9.23. The van der Waals surface area contributed by atoms with E-state index in [4.69, 9.17) is 0 Å². The Morgan fingerprint density at radius 1 is 1.15 bits per heavy atom. The van der Waals surface area contributed by atoms with Gasteiger partial charge in [0.2, 0.25) is 0 Å². The minimum Gasteiger partial charge on any atom is -0.368 e. The lowest BCUT2D eigenvalue weighted by molar-refractivity contribution is 0.273. The SMILES string of the molecule is Cc1ccc(C#N)c(SCCN2CCN(c3cccc4[nH]ccc34)CC2)n1. The molecule has 2 aromatic heterocycles. The lowest BCUT2D eigenvalue weighted by atomic mass is 10.2. The van der Waals surface area contributed by atoms with Gasteiger partial charge in [0.05, 0.1) is 5.56 Å². The average Bonchev–Trinajstić information content (AvgIpc) is 3.18. The van der Waals surface area contributed by atoms with E-state index in [-0.39, 0.29) is 0 Å². The fourth-order valence-electron chi connectivity index (χ4n) is 3.56. The van der Waals surface area contributed by atoms with Gasteiger partial charge in [0.15, 0.2) is 0 Å². The maximum absolute atomic E-state index is 9.23. The van der Waals surface area contributed by atoms with Crippen molar-refractivity contribution >= 4 is 28.4 Å². The van der Waals surface area contributed by atoms with Crippen molar-refractivity contribution in [2.75, 3.05) is 43.4 Å². The second-order valence-electron chi connectivity index (χ2n) is 6.81. The number of anilines is 1. The van der Waals surface area contributed by atoms with E-state index in [1.807, 2.05) is 25.3 Å². The first-order valence-electron chi connectivity index (χ1n) is 9.28. The van der Waals surface area contributed by atoms with Crippen molar-refractivity contribution in [2.45, 2.75) is 11.9 Å². The molecule has 0 bridgehead atoms. The van der Waals surface area contributed by atoms with Gasteiger partial charge < -0.3 is 9.88 Å². The highest BCUT2D eigenvalue weighted by molar-refractivity contribution is 7.99. The zero-order chi connectivity index (χ0) is 18.6. The van der Waals surface area contributed by atoms with Gasteiger partial charge in [0.1, 0.15) is 11.1 Å². The third-order valence-electron chi connectivity index (χ3n) is 5.05. The lowest BCUT2D eigenvalue weighted by Crippen LogP contribution is -2.47. The van der Waals surface area contributed by atoms with Crippen molar-refractivity contribution in [1.29, 1.82) is 5.26 Å². The average molecular weight is 378 g/mol. The Bertz CT molecular complexity index is 966. The van der Waals surface area contributed by atoms with Crippen LogP contribution in [0.3, 0.4) is 0 Å². The number of rotatable bonds is 5. The summed E-state index contributed by atoms with van der Waals surface area (Å²) in [6.45, 7) is 7.20. The summed E-state index contributed by atoms with van der Waals surface area (Å²) in [4.78, 5) is 12.8. The minimum absolute atomic E-state index is 0.676. The molecule has 1 N–H and O–H groups in total. The third kappa shape index (κ3) is 3.95. The summed E-state index contributed by atoms with van der Waals surface area (Å²) in [5.74, 6) is 0.957. The standard InChI is InChI=1S/C21H23N5S/c1-16-5-6-17(15-22)21(24-16)27-14-13-25-9-11-26(12-10-25)20-4-2-3-19-18(20)7-8-23-19/h2-8,23H,9-14H2,1H3. The number of pyridine rings is 1. The van der Waals surface area contributed by atoms with Crippen molar-refractivity contribution in [3.05, 3.63) is 53.9 Å². The van der Waals surface area contributed by atoms with Gasteiger partial charge in [-0.3, -0.25) is 4.90 Å². The van der Waals surface area contributed by atoms with Crippen LogP contribution in [0.5, 0.6) is 0 Å². The number of nitriles is 1. The molecule has 1 aromatic carbocycles. The van der Waals surface area contributed by atoms with Crippen molar-refractivity contribution in [2.24, 2.45) is 0 Å². The van der Waals surface area contributed by atoms with E-state index in [0.717, 1.165) is 49.2 Å². The van der Waals surface area contributed by atoms with Crippen LogP contribution >= 0.6 is 11.8 Å². The van der Waals surface area contributed by atoms with Crippen LogP contribution in [0.1, 0.15) is 11.3 Å². The molecule has 4 rings (SSSR count). The number of H-pyrrole nitrogens is 1. The molecule has 5 nitrogen and oxygen atoms in total. The number of nitrogens with zero attached hydrogens (tertiary/aromatic N) is 4. The van der Waals surface area contributed by atoms with Crippen LogP contribution in [0.15, 0.2) is 47.6 Å². The summed E-state index contributed by atoms with van der Waals surface area (Å²) in [6, 6.07) is 14.6. The predicted octanol–water partition coefficient (Wildman–Crippen LogP) is 3.66. The molecular weight excluding hydrogens is 354 g/mol. The largest absolute Gasteiger partial charge is 0.368 e. The second kappa shape index (κ2) is 8.03. The number of aryl methyl sites for hydroxylation is 1. The normalized spacial score (nSPS) is 15.2. The molecule has 6 heteroatoms. The van der Waals surface area contributed by atoms with Gasteiger partial charge in [-0.1, -0.05) is 6.07 Å². The molecule has 138 valence electrons. The molecule has 3 heterocycles. The third-order valence-corrected chi connectivity index (χ3v) is 6.02. The summed E-state index contributed by atoms with van der Waals surface area (Å²) in [5.41, 5.74) is 4.16. The number of hydrogen-bond donors (Lipinski definition) is 1. The fraction of sp³-hybridized carbons (Fsp3) is 0.333. The number of aromatic nitrogens is 2. The molecule has 1 saturated heterocycles. The Kier molecular flexibility index (Phi) is 5.33. The molecule has 3 aromatic rings. The Morgan fingerprint density at radius 3 is 2.81 bits per heavy atom. The van der Waals surface area contributed by atoms with Crippen molar-refractivity contribution in [3.63, 3.8) is 0 Å². The van der Waals surface area contributed by atoms with E-state index >= 15 is 0 Å². The zero-order valence-corrected chi connectivity index (χ0v) is 16.3. The molecule has 0 radical (unpaired) electrons. The molecule has 0 spiro atoms. The van der Waals surface area contributed by atoms with Crippen molar-refractivity contribution in [3.8, 4) is 6.07 Å². The second-order valence-corrected chi connectivity index (χ2v) is 7.89. The van der Waals surface area contributed by atoms with E-state index < -0.39 is 0 Å². The van der Waals surface area contributed by atoms with Gasteiger partial charge in [-0.05, 0) is 37.3 Å². The first-order valence-corrected chi connectivity index (χ1v) is 10.3. The molecule has 1 aliphatic heterocycles. The fourth-order valence-corrected chi connectivity index (χ4v) is 4.58. The van der Waals surface area contributed by atoms with E-state index in [1.54, 1.807) is 11.8 Å². The number of thioether (sulfide) groups is 1. The van der Waals surface area contributed by atoms with Crippen LogP contribution in [-0.2, 0) is 0 Å². The van der Waals surface area contributed by atoms with Crippen molar-refractivity contribution < 1.29 is 0 Å². The summed E-state index contributed by atoms with van der Waals surface area (Å²) in [7, 11) is 0. The number of benzene rings is 1. The number of aromatic amines is 1. The van der Waals surface area contributed by atoms with Crippen LogP contribution in [0.2, 0.25) is 0 Å². The first-order chi connectivity index (χ1) is 13.2. The maximum Gasteiger partial charge on any atom is 0.114 e. The zero-order valence-electron chi connectivity index (χ0n) is 15.5. The molecule has 0 amide bonds. The number of piperazine rings is 1. The van der Waals surface area contributed by atoms with Crippen LogP contribution < -0.4 is 4.90 Å². The van der Waals surface area contributed by atoms with Crippen LogP contribution in [0, 0.1) is 18.3 Å². The van der Waals surface area contributed by atoms with Gasteiger partial charge in [-0.25, -0.2) is 4.98 Å². The highest BCUT2D eigenvalue weighted by Gasteiger charge is 2.18. The minimum atomic E-state index is 0.676. The summed E-state index contributed by atoms with van der Waals surface area (Å²) in [5, 5.41) is 11.4. The Hall–Kier alpha value is -2.49. The summed E-state index contributed by atoms with van der Waals surface area (Å²) >= 11 is 1.69. The van der Waals surface area contributed by atoms with E-state index in [2.05, 4.69) is 50.1 Å². The molecule has 27 heavy (non-hydrogen) atoms. The predicted molar refractivity (Wildman–Crippen MR) is 111 cm³/mol. The quantitative estimate of drug-likeness (QED) is 0.688. The molecule has 1 aliphatic rings. The summed E-state index contributed by atoms with van der Waals surface area (Å²) < 4.78 is 0. The number of hydrogen-bond acceptors (Lipinski definition) is 5. The molecule has 0 saturated carbocycles. The summed E-state index contributed by atoms with van der Waals surface area (Å²) in [6.07, 6.45) is 2.01. The highest BCUT2D eigenvalue weighted by Crippen LogP contribution is 2.27. The first kappa shape index (κ1) is 17.9. The Balaban J connectivity index is 1.31. The molecule has 0 unspecified atom stereocenters. The molecule has 0 atom stereocenters. The molecule has 0 aliphatic carbocycles. The Labute approximate surface area is 164 Å². The molecule has 1 fully saturated rings. The molecular formula is C21H23N5S. The number of nitrogens with one attached hydrogen (secondary N) is 1. The van der Waals surface area contributed by atoms with E-state index in [9.17, 15) is 5.26 Å². The van der Waals surface area contributed by atoms with Gasteiger partial charge >= 0.3 is 0 Å². The highest BCUT2D eigenvalue weighted by atomic mass is 32.2. The van der Waals surface area contributed by atoms with Crippen LogP contribution in [0.25, 0.3) is 10.9 Å². The van der Waals surface area contributed by atoms with Gasteiger partial charge in [-0.15, -0.1) is 11.8 Å². The van der Waals surface area contributed by atoms with Gasteiger partial charge in [-0.2, -0.15) is 5.26 Å². The smallest absolute Gasteiger partial charge is 0.114 e. The topological polar surface area (TPSA) is 59.0 Å².